The third kappa shape index (κ3) is 2.87. The van der Waals surface area contributed by atoms with E-state index in [0.29, 0.717) is 11.8 Å². The van der Waals surface area contributed by atoms with E-state index in [-0.39, 0.29) is 11.4 Å². The Morgan fingerprint density at radius 1 is 1.33 bits per heavy atom. The molecule has 0 saturated heterocycles. The van der Waals surface area contributed by atoms with Gasteiger partial charge in [0.05, 0.1) is 11.4 Å². The van der Waals surface area contributed by atoms with Gasteiger partial charge in [0, 0.05) is 0 Å². The summed E-state index contributed by atoms with van der Waals surface area (Å²) in [5, 5.41) is 0. The van der Waals surface area contributed by atoms with Crippen molar-refractivity contribution in [2.75, 3.05) is 6.54 Å². The number of carbonyl (C=O) groups excluding carboxylic acids is 1. The van der Waals surface area contributed by atoms with Crippen LogP contribution < -0.4 is 4.72 Å². The second kappa shape index (κ2) is 4.55. The highest BCUT2D eigenvalue weighted by Gasteiger charge is 2.15. The van der Waals surface area contributed by atoms with Gasteiger partial charge in [0.15, 0.2) is 0 Å². The van der Waals surface area contributed by atoms with Crippen LogP contribution >= 0.6 is 0 Å². The Bertz CT molecular complexity index is 466. The van der Waals surface area contributed by atoms with E-state index in [9.17, 15) is 13.2 Å². The molecule has 1 rings (SSSR count). The second-order valence-corrected chi connectivity index (χ2v) is 5.02. The van der Waals surface area contributed by atoms with E-state index >= 15 is 0 Å². The van der Waals surface area contributed by atoms with Crippen LogP contribution in [-0.4, -0.2) is 21.2 Å². The quantitative estimate of drug-likeness (QED) is 0.773. The molecule has 0 saturated carbocycles. The largest absolute Gasteiger partial charge is 0.302 e. The molecule has 0 fully saturated rings. The average Bonchev–Trinajstić information content (AvgIpc) is 2.18. The normalized spacial score (nSPS) is 11.3. The van der Waals surface area contributed by atoms with Crippen LogP contribution in [-0.2, 0) is 14.8 Å². The fraction of sp³-hybridized carbons (Fsp3) is 0.300. The third-order valence-electron chi connectivity index (χ3n) is 1.99. The standard InChI is InChI=1S/C10H13NO3S/c1-8-3-4-9(2)10(7-8)15(13,14)11-5-6-12/h3-4,6-7,11H,5H2,1-2H3. The predicted molar refractivity (Wildman–Crippen MR) is 57.2 cm³/mol. The maximum absolute atomic E-state index is 11.7. The monoisotopic (exact) mass is 227 g/mol. The van der Waals surface area contributed by atoms with Gasteiger partial charge in [0.1, 0.15) is 6.29 Å². The molecule has 1 N–H and O–H groups in total. The minimum Gasteiger partial charge on any atom is -0.302 e. The first-order chi connectivity index (χ1) is 6.97. The van der Waals surface area contributed by atoms with E-state index in [0.717, 1.165) is 5.56 Å². The molecule has 0 aromatic heterocycles. The van der Waals surface area contributed by atoms with Gasteiger partial charge in [0.25, 0.3) is 0 Å². The van der Waals surface area contributed by atoms with Crippen molar-refractivity contribution in [3.8, 4) is 0 Å². The molecule has 82 valence electrons. The summed E-state index contributed by atoms with van der Waals surface area (Å²) in [6.45, 7) is 3.34. The number of hydrogen-bond acceptors (Lipinski definition) is 3. The van der Waals surface area contributed by atoms with Crippen LogP contribution in [0.15, 0.2) is 23.1 Å². The molecule has 0 radical (unpaired) electrons. The van der Waals surface area contributed by atoms with Gasteiger partial charge in [-0.05, 0) is 31.0 Å². The van der Waals surface area contributed by atoms with Gasteiger partial charge in [0.2, 0.25) is 10.0 Å². The summed E-state index contributed by atoms with van der Waals surface area (Å²) in [6.07, 6.45) is 0.517. The molecule has 0 aliphatic carbocycles. The van der Waals surface area contributed by atoms with Gasteiger partial charge >= 0.3 is 0 Å². The summed E-state index contributed by atoms with van der Waals surface area (Å²) in [6, 6.07) is 5.17. The van der Waals surface area contributed by atoms with Crippen LogP contribution in [0.2, 0.25) is 0 Å². The maximum Gasteiger partial charge on any atom is 0.241 e. The molecule has 15 heavy (non-hydrogen) atoms. The Morgan fingerprint density at radius 3 is 2.60 bits per heavy atom. The smallest absolute Gasteiger partial charge is 0.241 e. The van der Waals surface area contributed by atoms with Crippen molar-refractivity contribution in [2.45, 2.75) is 18.7 Å². The highest BCUT2D eigenvalue weighted by molar-refractivity contribution is 7.89. The van der Waals surface area contributed by atoms with E-state index in [1.165, 1.54) is 0 Å². The van der Waals surface area contributed by atoms with E-state index in [2.05, 4.69) is 4.72 Å². The minimum absolute atomic E-state index is 0.199. The van der Waals surface area contributed by atoms with Crippen LogP contribution in [0.4, 0.5) is 0 Å². The van der Waals surface area contributed by atoms with Crippen molar-refractivity contribution in [1.29, 1.82) is 0 Å². The fourth-order valence-corrected chi connectivity index (χ4v) is 2.49. The molecular formula is C10H13NO3S. The number of rotatable bonds is 4. The molecule has 1 aromatic carbocycles. The van der Waals surface area contributed by atoms with E-state index in [1.807, 2.05) is 13.0 Å². The van der Waals surface area contributed by atoms with Crippen molar-refractivity contribution in [3.63, 3.8) is 0 Å². The molecule has 0 unspecified atom stereocenters. The summed E-state index contributed by atoms with van der Waals surface area (Å²) >= 11 is 0. The zero-order valence-electron chi connectivity index (χ0n) is 8.65. The second-order valence-electron chi connectivity index (χ2n) is 3.29. The fourth-order valence-electron chi connectivity index (χ4n) is 1.22. The van der Waals surface area contributed by atoms with Crippen LogP contribution in [0.5, 0.6) is 0 Å². The molecule has 0 aliphatic heterocycles. The molecule has 0 aliphatic rings. The molecule has 0 heterocycles. The Labute approximate surface area is 89.4 Å². The maximum atomic E-state index is 11.7. The first kappa shape index (κ1) is 11.9. The number of sulfonamides is 1. The lowest BCUT2D eigenvalue weighted by Gasteiger charge is -2.07. The lowest BCUT2D eigenvalue weighted by Crippen LogP contribution is -2.26. The van der Waals surface area contributed by atoms with Gasteiger partial charge < -0.3 is 4.79 Å². The summed E-state index contributed by atoms with van der Waals surface area (Å²) in [5.74, 6) is 0. The molecular weight excluding hydrogens is 214 g/mol. The van der Waals surface area contributed by atoms with Gasteiger partial charge in [-0.15, -0.1) is 0 Å². The molecule has 0 bridgehead atoms. The SMILES string of the molecule is Cc1ccc(C)c(S(=O)(=O)NCC=O)c1. The summed E-state index contributed by atoms with van der Waals surface area (Å²) < 4.78 is 25.6. The van der Waals surface area contributed by atoms with Crippen LogP contribution in [0.3, 0.4) is 0 Å². The molecule has 1 aromatic rings. The zero-order valence-corrected chi connectivity index (χ0v) is 9.47. The zero-order chi connectivity index (χ0) is 11.5. The molecule has 5 heteroatoms. The molecule has 0 atom stereocenters. The Kier molecular flexibility index (Phi) is 3.60. The summed E-state index contributed by atoms with van der Waals surface area (Å²) in [7, 11) is -3.56. The number of aryl methyl sites for hydroxylation is 2. The highest BCUT2D eigenvalue weighted by Crippen LogP contribution is 2.15. The molecule has 0 amide bonds. The molecule has 0 spiro atoms. The van der Waals surface area contributed by atoms with E-state index in [4.69, 9.17) is 0 Å². The highest BCUT2D eigenvalue weighted by atomic mass is 32.2. The van der Waals surface area contributed by atoms with Crippen molar-refractivity contribution in [2.24, 2.45) is 0 Å². The van der Waals surface area contributed by atoms with E-state index in [1.54, 1.807) is 19.1 Å². The third-order valence-corrected chi connectivity index (χ3v) is 3.56. The van der Waals surface area contributed by atoms with Gasteiger partial charge in [-0.2, -0.15) is 0 Å². The summed E-state index contributed by atoms with van der Waals surface area (Å²) in [5.41, 5.74) is 1.53. The van der Waals surface area contributed by atoms with Gasteiger partial charge in [-0.1, -0.05) is 12.1 Å². The Morgan fingerprint density at radius 2 is 2.00 bits per heavy atom. The Balaban J connectivity index is 3.14. The first-order valence-corrected chi connectivity index (χ1v) is 5.96. The summed E-state index contributed by atoms with van der Waals surface area (Å²) in [4.78, 5) is 10.3. The molecule has 4 nitrogen and oxygen atoms in total. The first-order valence-electron chi connectivity index (χ1n) is 4.48. The van der Waals surface area contributed by atoms with Crippen molar-refractivity contribution in [1.82, 2.24) is 4.72 Å². The van der Waals surface area contributed by atoms with Crippen LogP contribution in [0.1, 0.15) is 11.1 Å². The number of carbonyl (C=O) groups is 1. The van der Waals surface area contributed by atoms with Crippen molar-refractivity contribution >= 4 is 16.3 Å². The topological polar surface area (TPSA) is 63.2 Å². The lowest BCUT2D eigenvalue weighted by molar-refractivity contribution is -0.106. The lowest BCUT2D eigenvalue weighted by atomic mass is 10.2. The average molecular weight is 227 g/mol. The van der Waals surface area contributed by atoms with Crippen molar-refractivity contribution in [3.05, 3.63) is 29.3 Å². The van der Waals surface area contributed by atoms with Crippen LogP contribution in [0, 0.1) is 13.8 Å². The van der Waals surface area contributed by atoms with E-state index < -0.39 is 10.0 Å². The Hall–Kier alpha value is -1.20. The predicted octanol–water partition coefficient (Wildman–Crippen LogP) is 0.781. The number of nitrogens with one attached hydrogen (secondary N) is 1. The van der Waals surface area contributed by atoms with Crippen LogP contribution in [0.25, 0.3) is 0 Å². The van der Waals surface area contributed by atoms with Crippen molar-refractivity contribution < 1.29 is 13.2 Å². The van der Waals surface area contributed by atoms with Gasteiger partial charge in [-0.25, -0.2) is 13.1 Å². The van der Waals surface area contributed by atoms with Gasteiger partial charge in [-0.3, -0.25) is 0 Å². The number of hydrogen-bond donors (Lipinski definition) is 1. The minimum atomic E-state index is -3.56. The number of benzene rings is 1. The number of aldehydes is 1.